The normalized spacial score (nSPS) is 20.0. The van der Waals surface area contributed by atoms with Crippen molar-refractivity contribution in [2.75, 3.05) is 52.4 Å². The van der Waals surface area contributed by atoms with Crippen LogP contribution in [0.4, 0.5) is 0 Å². The smallest absolute Gasteiger partial charge is 0.253 e. The van der Waals surface area contributed by atoms with Crippen molar-refractivity contribution in [1.29, 1.82) is 0 Å². The highest BCUT2D eigenvalue weighted by Crippen LogP contribution is 2.29. The highest BCUT2D eigenvalue weighted by molar-refractivity contribution is 5.95. The van der Waals surface area contributed by atoms with Crippen LogP contribution in [0.3, 0.4) is 0 Å². The number of piperazine rings is 1. The molecule has 5 rings (SSSR count). The van der Waals surface area contributed by atoms with Gasteiger partial charge in [0.05, 0.1) is 0 Å². The van der Waals surface area contributed by atoms with Crippen LogP contribution in [0.2, 0.25) is 0 Å². The average Bonchev–Trinajstić information content (AvgIpc) is 2.88. The van der Waals surface area contributed by atoms with Crippen LogP contribution in [0.15, 0.2) is 54.6 Å². The maximum Gasteiger partial charge on any atom is 0.253 e. The monoisotopic (exact) mass is 474 g/mol. The predicted octanol–water partition coefficient (Wildman–Crippen LogP) is 2.69. The summed E-state index contributed by atoms with van der Waals surface area (Å²) in [4.78, 5) is 45.4. The summed E-state index contributed by atoms with van der Waals surface area (Å²) < 4.78 is 0. The fourth-order valence-corrected chi connectivity index (χ4v) is 5.51. The van der Waals surface area contributed by atoms with Crippen LogP contribution in [0.1, 0.15) is 52.0 Å². The maximum atomic E-state index is 13.0. The molecule has 3 amide bonds. The first-order valence-corrected chi connectivity index (χ1v) is 12.7. The van der Waals surface area contributed by atoms with E-state index >= 15 is 0 Å². The number of hydrogen-bond donors (Lipinski definition) is 0. The fraction of sp³-hybridized carbons (Fsp3) is 0.464. The standard InChI is InChI=1S/C28H34N4O3/c1-21(33)29-13-11-23(12-14-29)22-7-9-25(10-8-22)28(35)32-19-26(20-32)30-15-17-31(18-16-30)27(34)24-5-3-2-4-6-24/h2-10,23,26H,11-20H2,1H3. The van der Waals surface area contributed by atoms with Gasteiger partial charge < -0.3 is 14.7 Å². The number of likely N-dealkylation sites (tertiary alicyclic amines) is 2. The second-order valence-electron chi connectivity index (χ2n) is 9.96. The third-order valence-electron chi connectivity index (χ3n) is 7.86. The highest BCUT2D eigenvalue weighted by Gasteiger charge is 2.37. The Morgan fingerprint density at radius 2 is 1.23 bits per heavy atom. The fourth-order valence-electron chi connectivity index (χ4n) is 5.51. The van der Waals surface area contributed by atoms with Crippen LogP contribution in [-0.4, -0.2) is 95.7 Å². The molecule has 0 radical (unpaired) electrons. The van der Waals surface area contributed by atoms with E-state index in [4.69, 9.17) is 0 Å². The topological polar surface area (TPSA) is 64.2 Å². The second kappa shape index (κ2) is 10.2. The van der Waals surface area contributed by atoms with Gasteiger partial charge in [0.2, 0.25) is 5.91 Å². The minimum Gasteiger partial charge on any atom is -0.343 e. The average molecular weight is 475 g/mol. The van der Waals surface area contributed by atoms with Crippen LogP contribution in [0, 0.1) is 0 Å². The Balaban J connectivity index is 1.07. The molecule has 0 aromatic heterocycles. The molecule has 3 aliphatic heterocycles. The lowest BCUT2D eigenvalue weighted by Crippen LogP contribution is -2.64. The lowest BCUT2D eigenvalue weighted by molar-refractivity contribution is -0.129. The lowest BCUT2D eigenvalue weighted by atomic mass is 9.89. The molecule has 3 aliphatic rings. The number of amides is 3. The van der Waals surface area contributed by atoms with E-state index in [2.05, 4.69) is 17.0 Å². The molecule has 0 spiro atoms. The molecular formula is C28H34N4O3. The zero-order valence-electron chi connectivity index (χ0n) is 20.4. The molecule has 2 aromatic rings. The SMILES string of the molecule is CC(=O)N1CCC(c2ccc(C(=O)N3CC(N4CCN(C(=O)c5ccccc5)CC4)C3)cc2)CC1. The van der Waals surface area contributed by atoms with Gasteiger partial charge in [-0.25, -0.2) is 0 Å². The number of rotatable bonds is 4. The van der Waals surface area contributed by atoms with E-state index in [-0.39, 0.29) is 17.7 Å². The molecule has 0 saturated carbocycles. The van der Waals surface area contributed by atoms with E-state index in [9.17, 15) is 14.4 Å². The first kappa shape index (κ1) is 23.5. The second-order valence-corrected chi connectivity index (χ2v) is 9.96. The molecule has 184 valence electrons. The molecule has 35 heavy (non-hydrogen) atoms. The summed E-state index contributed by atoms with van der Waals surface area (Å²) in [5.74, 6) is 0.802. The van der Waals surface area contributed by atoms with Crippen LogP contribution < -0.4 is 0 Å². The predicted molar refractivity (Wildman–Crippen MR) is 134 cm³/mol. The molecule has 0 aliphatic carbocycles. The quantitative estimate of drug-likeness (QED) is 0.684. The summed E-state index contributed by atoms with van der Waals surface area (Å²) in [7, 11) is 0. The molecule has 0 unspecified atom stereocenters. The highest BCUT2D eigenvalue weighted by atomic mass is 16.2. The number of nitrogens with zero attached hydrogens (tertiary/aromatic N) is 4. The van der Waals surface area contributed by atoms with E-state index < -0.39 is 0 Å². The van der Waals surface area contributed by atoms with Gasteiger partial charge >= 0.3 is 0 Å². The number of benzene rings is 2. The molecule has 0 bridgehead atoms. The van der Waals surface area contributed by atoms with E-state index in [1.807, 2.05) is 57.2 Å². The van der Waals surface area contributed by atoms with Gasteiger partial charge in [0.25, 0.3) is 11.8 Å². The van der Waals surface area contributed by atoms with Gasteiger partial charge in [-0.2, -0.15) is 0 Å². The van der Waals surface area contributed by atoms with Crippen molar-refractivity contribution in [3.05, 3.63) is 71.3 Å². The maximum absolute atomic E-state index is 13.0. The first-order valence-electron chi connectivity index (χ1n) is 12.7. The van der Waals surface area contributed by atoms with Crippen LogP contribution in [0.25, 0.3) is 0 Å². The van der Waals surface area contributed by atoms with Gasteiger partial charge in [-0.05, 0) is 48.6 Å². The van der Waals surface area contributed by atoms with Crippen molar-refractivity contribution in [1.82, 2.24) is 19.6 Å². The third-order valence-corrected chi connectivity index (χ3v) is 7.86. The number of piperidine rings is 1. The third kappa shape index (κ3) is 5.10. The van der Waals surface area contributed by atoms with E-state index in [0.29, 0.717) is 12.0 Å². The van der Waals surface area contributed by atoms with E-state index in [1.54, 1.807) is 6.92 Å². The minimum absolute atomic E-state index is 0.0945. The Labute approximate surface area is 207 Å². The molecule has 3 heterocycles. The van der Waals surface area contributed by atoms with Crippen molar-refractivity contribution in [2.45, 2.75) is 31.7 Å². The Bertz CT molecular complexity index is 1050. The summed E-state index contributed by atoms with van der Waals surface area (Å²) in [6.45, 7) is 7.90. The zero-order chi connectivity index (χ0) is 24.4. The summed E-state index contributed by atoms with van der Waals surface area (Å²) in [6.07, 6.45) is 1.95. The van der Waals surface area contributed by atoms with Crippen molar-refractivity contribution in [3.8, 4) is 0 Å². The molecule has 0 N–H and O–H groups in total. The molecule has 7 heteroatoms. The van der Waals surface area contributed by atoms with Crippen molar-refractivity contribution in [3.63, 3.8) is 0 Å². The molecular weight excluding hydrogens is 440 g/mol. The Morgan fingerprint density at radius 1 is 0.657 bits per heavy atom. The molecule has 3 saturated heterocycles. The van der Waals surface area contributed by atoms with Gasteiger partial charge in [-0.15, -0.1) is 0 Å². The summed E-state index contributed by atoms with van der Waals surface area (Å²) in [5, 5.41) is 0. The van der Waals surface area contributed by atoms with E-state index in [1.165, 1.54) is 5.56 Å². The van der Waals surface area contributed by atoms with Gasteiger partial charge in [-0.3, -0.25) is 19.3 Å². The van der Waals surface area contributed by atoms with Crippen molar-refractivity contribution < 1.29 is 14.4 Å². The molecule has 0 atom stereocenters. The lowest BCUT2D eigenvalue weighted by Gasteiger charge is -2.48. The van der Waals surface area contributed by atoms with Crippen molar-refractivity contribution >= 4 is 17.7 Å². The Kier molecular flexibility index (Phi) is 6.86. The number of carbonyl (C=O) groups is 3. The van der Waals surface area contributed by atoms with Gasteiger partial charge in [0.1, 0.15) is 0 Å². The van der Waals surface area contributed by atoms with Gasteiger partial charge in [-0.1, -0.05) is 30.3 Å². The van der Waals surface area contributed by atoms with Crippen LogP contribution in [0.5, 0.6) is 0 Å². The zero-order valence-corrected chi connectivity index (χ0v) is 20.4. The van der Waals surface area contributed by atoms with E-state index in [0.717, 1.165) is 76.3 Å². The molecule has 7 nitrogen and oxygen atoms in total. The minimum atomic E-state index is 0.0945. The molecule has 3 fully saturated rings. The van der Waals surface area contributed by atoms with Gasteiger partial charge in [0, 0.05) is 76.5 Å². The van der Waals surface area contributed by atoms with Gasteiger partial charge in [0.15, 0.2) is 0 Å². The van der Waals surface area contributed by atoms with Crippen LogP contribution in [-0.2, 0) is 4.79 Å². The number of hydrogen-bond acceptors (Lipinski definition) is 4. The van der Waals surface area contributed by atoms with Crippen molar-refractivity contribution in [2.24, 2.45) is 0 Å². The summed E-state index contributed by atoms with van der Waals surface area (Å²) in [6, 6.07) is 17.9. The number of carbonyl (C=O) groups excluding carboxylic acids is 3. The molecule has 2 aromatic carbocycles. The Hall–Kier alpha value is -3.19. The first-order chi connectivity index (χ1) is 17.0. The largest absolute Gasteiger partial charge is 0.343 e. The summed E-state index contributed by atoms with van der Waals surface area (Å²) >= 11 is 0. The van der Waals surface area contributed by atoms with Crippen LogP contribution >= 0.6 is 0 Å². The Morgan fingerprint density at radius 3 is 1.83 bits per heavy atom. The summed E-state index contributed by atoms with van der Waals surface area (Å²) in [5.41, 5.74) is 2.75.